The number of nitrogens with two attached hydrogens (primary N) is 1. The highest BCUT2D eigenvalue weighted by atomic mass is 16.6. The maximum absolute atomic E-state index is 10.3. The van der Waals surface area contributed by atoms with Gasteiger partial charge < -0.3 is 30.9 Å². The van der Waals surface area contributed by atoms with Crippen LogP contribution < -0.4 is 5.73 Å². The molecule has 15 heavy (non-hydrogen) atoms. The van der Waals surface area contributed by atoms with Gasteiger partial charge in [-0.05, 0) is 0 Å². The summed E-state index contributed by atoms with van der Waals surface area (Å²) < 4.78 is 4.15. The van der Waals surface area contributed by atoms with E-state index in [-0.39, 0.29) is 6.29 Å². The minimum atomic E-state index is -1.86. The van der Waals surface area contributed by atoms with Crippen molar-refractivity contribution in [3.05, 3.63) is 0 Å². The highest BCUT2D eigenvalue weighted by molar-refractivity contribution is 5.69. The molecule has 0 aliphatic heterocycles. The summed E-state index contributed by atoms with van der Waals surface area (Å²) in [6, 6.07) is 0. The Morgan fingerprint density at radius 3 is 2.20 bits per heavy atom. The molecule has 0 aromatic heterocycles. The number of amides is 1. The molecular weight excluding hydrogens is 210 g/mol. The second kappa shape index (κ2) is 6.30. The van der Waals surface area contributed by atoms with Gasteiger partial charge in [0.2, 0.25) is 0 Å². The van der Waals surface area contributed by atoms with Crippen LogP contribution in [-0.4, -0.2) is 63.8 Å². The summed E-state index contributed by atoms with van der Waals surface area (Å²) in [6.45, 7) is -0.819. The van der Waals surface area contributed by atoms with Crippen LogP contribution in [0.5, 0.6) is 0 Å². The lowest BCUT2D eigenvalue weighted by Gasteiger charge is -2.24. The third-order valence-corrected chi connectivity index (χ3v) is 1.65. The van der Waals surface area contributed by atoms with E-state index in [2.05, 4.69) is 10.5 Å². The predicted octanol–water partition coefficient (Wildman–Crippen LogP) is -3.28. The molecule has 88 valence electrons. The lowest BCUT2D eigenvalue weighted by atomic mass is 10.0. The molecule has 6 N–H and O–H groups in total. The van der Waals surface area contributed by atoms with Crippen molar-refractivity contribution in [3.63, 3.8) is 0 Å². The van der Waals surface area contributed by atoms with Crippen molar-refractivity contribution in [1.29, 1.82) is 0 Å². The molecule has 4 atom stereocenters. The molecule has 0 unspecified atom stereocenters. The Bertz CT molecular complexity index is 221. The van der Waals surface area contributed by atoms with Gasteiger partial charge in [-0.3, -0.25) is 4.79 Å². The number of carbonyl (C=O) groups is 2. The molecule has 1 amide bonds. The minimum Gasteiger partial charge on any atom is -0.436 e. The van der Waals surface area contributed by atoms with Crippen molar-refractivity contribution in [2.75, 3.05) is 6.61 Å². The Labute approximate surface area is 84.9 Å². The van der Waals surface area contributed by atoms with Crippen LogP contribution >= 0.6 is 0 Å². The number of primary amides is 1. The fourth-order valence-electron chi connectivity index (χ4n) is 0.842. The van der Waals surface area contributed by atoms with Crippen LogP contribution in [0.3, 0.4) is 0 Å². The zero-order valence-electron chi connectivity index (χ0n) is 7.68. The molecule has 0 fully saturated rings. The quantitative estimate of drug-likeness (QED) is 0.296. The van der Waals surface area contributed by atoms with E-state index in [4.69, 9.17) is 15.3 Å². The minimum absolute atomic E-state index is 0.0444. The number of aliphatic hydroxyl groups excluding tert-OH is 4. The molecule has 0 radical (unpaired) electrons. The molecule has 0 aliphatic carbocycles. The SMILES string of the molecule is NC(=O)O[C@H](C=O)[C@@H](O)[C@H](O)[C@H](O)CO. The van der Waals surface area contributed by atoms with Crippen LogP contribution in [0.25, 0.3) is 0 Å². The Morgan fingerprint density at radius 1 is 1.33 bits per heavy atom. The van der Waals surface area contributed by atoms with Crippen LogP contribution in [-0.2, 0) is 9.53 Å². The van der Waals surface area contributed by atoms with Crippen molar-refractivity contribution in [2.24, 2.45) is 5.73 Å². The van der Waals surface area contributed by atoms with Crippen molar-refractivity contribution in [2.45, 2.75) is 24.4 Å². The van der Waals surface area contributed by atoms with E-state index in [0.717, 1.165) is 0 Å². The lowest BCUT2D eigenvalue weighted by Crippen LogP contribution is -2.48. The Kier molecular flexibility index (Phi) is 5.79. The van der Waals surface area contributed by atoms with Crippen molar-refractivity contribution in [1.82, 2.24) is 0 Å². The molecule has 0 aliphatic rings. The van der Waals surface area contributed by atoms with E-state index in [9.17, 15) is 14.7 Å². The average Bonchev–Trinajstić information content (AvgIpc) is 2.22. The molecule has 0 heterocycles. The molecule has 8 heteroatoms. The van der Waals surface area contributed by atoms with Gasteiger partial charge in [-0.2, -0.15) is 0 Å². The highest BCUT2D eigenvalue weighted by Crippen LogP contribution is 2.06. The number of rotatable bonds is 6. The predicted molar refractivity (Wildman–Crippen MR) is 45.6 cm³/mol. The standard InChI is InChI=1S/C7H13NO7/c8-7(14)15-4(2-10)6(13)5(12)3(11)1-9/h2-6,9,11-13H,1H2,(H2,8,14)/t3-,4-,5-,6-/m1/s1. The fraction of sp³-hybridized carbons (Fsp3) is 0.714. The Hall–Kier alpha value is -1.22. The molecular formula is C7H13NO7. The van der Waals surface area contributed by atoms with E-state index in [0.29, 0.717) is 0 Å². The molecule has 0 spiro atoms. The first kappa shape index (κ1) is 13.8. The van der Waals surface area contributed by atoms with Gasteiger partial charge in [0, 0.05) is 0 Å². The van der Waals surface area contributed by atoms with Crippen LogP contribution in [0.4, 0.5) is 4.79 Å². The monoisotopic (exact) mass is 223 g/mol. The maximum Gasteiger partial charge on any atom is 0.405 e. The highest BCUT2D eigenvalue weighted by Gasteiger charge is 2.33. The fourth-order valence-corrected chi connectivity index (χ4v) is 0.842. The van der Waals surface area contributed by atoms with Crippen molar-refractivity contribution in [3.8, 4) is 0 Å². The third-order valence-electron chi connectivity index (χ3n) is 1.65. The van der Waals surface area contributed by atoms with Crippen LogP contribution in [0.15, 0.2) is 0 Å². The van der Waals surface area contributed by atoms with E-state index >= 15 is 0 Å². The molecule has 0 aromatic rings. The number of hydrogen-bond acceptors (Lipinski definition) is 7. The first-order valence-electron chi connectivity index (χ1n) is 4.00. The summed E-state index contributed by atoms with van der Waals surface area (Å²) in [5.41, 5.74) is 4.59. The van der Waals surface area contributed by atoms with Crippen LogP contribution in [0.1, 0.15) is 0 Å². The summed E-state index contributed by atoms with van der Waals surface area (Å²) in [6.07, 6.45) is -8.31. The normalized spacial score (nSPS) is 18.7. The summed E-state index contributed by atoms with van der Waals surface area (Å²) in [7, 11) is 0. The maximum atomic E-state index is 10.3. The van der Waals surface area contributed by atoms with Gasteiger partial charge in [0.05, 0.1) is 6.61 Å². The van der Waals surface area contributed by atoms with Gasteiger partial charge in [0.15, 0.2) is 12.4 Å². The Balaban J connectivity index is 4.42. The largest absolute Gasteiger partial charge is 0.436 e. The summed E-state index contributed by atoms with van der Waals surface area (Å²) in [5.74, 6) is 0. The average molecular weight is 223 g/mol. The van der Waals surface area contributed by atoms with Gasteiger partial charge >= 0.3 is 6.09 Å². The first-order valence-corrected chi connectivity index (χ1v) is 4.00. The van der Waals surface area contributed by atoms with E-state index in [1.165, 1.54) is 0 Å². The van der Waals surface area contributed by atoms with Gasteiger partial charge in [-0.1, -0.05) is 0 Å². The zero-order chi connectivity index (χ0) is 12.0. The number of carbonyl (C=O) groups excluding carboxylic acids is 2. The second-order valence-electron chi connectivity index (χ2n) is 2.77. The van der Waals surface area contributed by atoms with Crippen LogP contribution in [0.2, 0.25) is 0 Å². The number of aliphatic hydroxyl groups is 4. The summed E-state index contributed by atoms with van der Waals surface area (Å²) >= 11 is 0. The van der Waals surface area contributed by atoms with Crippen LogP contribution in [0, 0.1) is 0 Å². The van der Waals surface area contributed by atoms with E-state index in [1.807, 2.05) is 0 Å². The molecule has 0 saturated carbocycles. The van der Waals surface area contributed by atoms with Gasteiger partial charge in [-0.25, -0.2) is 4.79 Å². The smallest absolute Gasteiger partial charge is 0.405 e. The summed E-state index contributed by atoms with van der Waals surface area (Å²) in [4.78, 5) is 20.6. The lowest BCUT2D eigenvalue weighted by molar-refractivity contribution is -0.136. The van der Waals surface area contributed by atoms with E-state index in [1.54, 1.807) is 0 Å². The number of hydrogen-bond donors (Lipinski definition) is 5. The molecule has 0 rings (SSSR count). The molecule has 0 aromatic carbocycles. The molecule has 0 bridgehead atoms. The zero-order valence-corrected chi connectivity index (χ0v) is 7.68. The molecule has 8 nitrogen and oxygen atoms in total. The number of aldehydes is 1. The Morgan fingerprint density at radius 2 is 1.87 bits per heavy atom. The van der Waals surface area contributed by atoms with Crippen molar-refractivity contribution >= 4 is 12.4 Å². The molecule has 0 saturated heterocycles. The van der Waals surface area contributed by atoms with E-state index < -0.39 is 37.1 Å². The second-order valence-corrected chi connectivity index (χ2v) is 2.77. The van der Waals surface area contributed by atoms with Crippen molar-refractivity contribution < 1.29 is 34.8 Å². The summed E-state index contributed by atoms with van der Waals surface area (Å²) in [5, 5.41) is 35.8. The number of ether oxygens (including phenoxy) is 1. The first-order chi connectivity index (χ1) is 6.93. The van der Waals surface area contributed by atoms with Gasteiger partial charge in [0.25, 0.3) is 0 Å². The van der Waals surface area contributed by atoms with Gasteiger partial charge in [0.1, 0.15) is 18.3 Å². The topological polar surface area (TPSA) is 150 Å². The third kappa shape index (κ3) is 4.21. The van der Waals surface area contributed by atoms with Gasteiger partial charge in [-0.15, -0.1) is 0 Å².